The predicted octanol–water partition coefficient (Wildman–Crippen LogP) is 2.82. The van der Waals surface area contributed by atoms with E-state index in [1.54, 1.807) is 0 Å². The summed E-state index contributed by atoms with van der Waals surface area (Å²) < 4.78 is 5.35. The van der Waals surface area contributed by atoms with Crippen LogP contribution in [0.1, 0.15) is 57.6 Å². The molecule has 0 spiro atoms. The molecule has 1 aliphatic rings. The lowest BCUT2D eigenvalue weighted by molar-refractivity contribution is -0.117. The molecule has 0 unspecified atom stereocenters. The van der Waals surface area contributed by atoms with Gasteiger partial charge < -0.3 is 10.1 Å². The number of anilines is 1. The van der Waals surface area contributed by atoms with Crippen LogP contribution >= 0.6 is 0 Å². The van der Waals surface area contributed by atoms with E-state index in [-0.39, 0.29) is 12.0 Å². The number of nitrogens with zero attached hydrogens (tertiary/aromatic N) is 1. The first-order chi connectivity index (χ1) is 9.15. The summed E-state index contributed by atoms with van der Waals surface area (Å²) in [5.74, 6) is 1.16. The largest absolute Gasteiger partial charge is 0.378 e. The van der Waals surface area contributed by atoms with Crippen molar-refractivity contribution in [1.29, 1.82) is 0 Å². The fraction of sp³-hybridized carbons (Fsp3) is 0.714. The third-order valence-corrected chi connectivity index (χ3v) is 3.44. The van der Waals surface area contributed by atoms with Gasteiger partial charge in [-0.2, -0.15) is 5.10 Å². The summed E-state index contributed by atoms with van der Waals surface area (Å²) in [7, 11) is 0. The van der Waals surface area contributed by atoms with E-state index in [1.807, 2.05) is 19.9 Å². The van der Waals surface area contributed by atoms with Crippen LogP contribution in [0.4, 0.5) is 5.82 Å². The van der Waals surface area contributed by atoms with Gasteiger partial charge in [0, 0.05) is 17.7 Å². The van der Waals surface area contributed by atoms with Crippen LogP contribution in [0.25, 0.3) is 0 Å². The van der Waals surface area contributed by atoms with Gasteiger partial charge in [0.1, 0.15) is 0 Å². The highest BCUT2D eigenvalue weighted by molar-refractivity contribution is 5.89. The average Bonchev–Trinajstić information content (AvgIpc) is 2.97. The van der Waals surface area contributed by atoms with Crippen LogP contribution in [-0.2, 0) is 9.53 Å². The number of aromatic amines is 1. The Morgan fingerprint density at radius 3 is 2.95 bits per heavy atom. The van der Waals surface area contributed by atoms with E-state index < -0.39 is 0 Å². The first-order valence-electron chi connectivity index (χ1n) is 7.12. The maximum Gasteiger partial charge on any atom is 0.227 e. The number of carbonyl (C=O) groups excluding carboxylic acids is 1. The number of hydrogen-bond donors (Lipinski definition) is 2. The second-order valence-electron chi connectivity index (χ2n) is 5.41. The molecule has 1 aliphatic carbocycles. The molecule has 0 aliphatic heterocycles. The quantitative estimate of drug-likeness (QED) is 0.831. The van der Waals surface area contributed by atoms with Gasteiger partial charge >= 0.3 is 0 Å². The molecule has 19 heavy (non-hydrogen) atoms. The summed E-state index contributed by atoms with van der Waals surface area (Å²) >= 11 is 0. The minimum Gasteiger partial charge on any atom is -0.378 e. The Hall–Kier alpha value is -1.36. The highest BCUT2D eigenvalue weighted by atomic mass is 16.5. The fourth-order valence-electron chi connectivity index (χ4n) is 2.44. The van der Waals surface area contributed by atoms with Crippen LogP contribution in [0.15, 0.2) is 6.07 Å². The van der Waals surface area contributed by atoms with Crippen LogP contribution in [0.3, 0.4) is 0 Å². The minimum absolute atomic E-state index is 0.0508. The SMILES string of the molecule is CC(C)OCCC(=O)Nc1cc(C2CCCC2)[nH]n1. The van der Waals surface area contributed by atoms with Crippen molar-refractivity contribution in [3.63, 3.8) is 0 Å². The van der Waals surface area contributed by atoms with Gasteiger partial charge in [-0.15, -0.1) is 0 Å². The van der Waals surface area contributed by atoms with Gasteiger partial charge in [-0.1, -0.05) is 12.8 Å². The molecule has 0 atom stereocenters. The third kappa shape index (κ3) is 4.35. The number of ether oxygens (including phenoxy) is 1. The first kappa shape index (κ1) is 14.1. The molecule has 1 aromatic rings. The average molecular weight is 265 g/mol. The van der Waals surface area contributed by atoms with Gasteiger partial charge in [0.05, 0.1) is 19.1 Å². The van der Waals surface area contributed by atoms with Crippen molar-refractivity contribution < 1.29 is 9.53 Å². The summed E-state index contributed by atoms with van der Waals surface area (Å²) in [6.45, 7) is 4.36. The molecule has 1 amide bonds. The van der Waals surface area contributed by atoms with E-state index in [2.05, 4.69) is 15.5 Å². The van der Waals surface area contributed by atoms with Gasteiger partial charge in [0.2, 0.25) is 5.91 Å². The Kier molecular flexibility index (Phi) is 4.96. The van der Waals surface area contributed by atoms with E-state index in [0.29, 0.717) is 24.8 Å². The van der Waals surface area contributed by atoms with Crippen LogP contribution in [0.5, 0.6) is 0 Å². The second kappa shape index (κ2) is 6.70. The number of amides is 1. The molecule has 1 saturated carbocycles. The van der Waals surface area contributed by atoms with Crippen LogP contribution in [0, 0.1) is 0 Å². The van der Waals surface area contributed by atoms with E-state index in [1.165, 1.54) is 25.7 Å². The third-order valence-electron chi connectivity index (χ3n) is 3.44. The van der Waals surface area contributed by atoms with Gasteiger partial charge in [-0.3, -0.25) is 9.89 Å². The maximum absolute atomic E-state index is 11.7. The molecule has 0 radical (unpaired) electrons. The minimum atomic E-state index is -0.0508. The van der Waals surface area contributed by atoms with Gasteiger partial charge in [-0.05, 0) is 26.7 Å². The number of H-pyrrole nitrogens is 1. The molecule has 0 saturated heterocycles. The molecule has 1 heterocycles. The van der Waals surface area contributed by atoms with Crippen molar-refractivity contribution in [3.05, 3.63) is 11.8 Å². The Balaban J connectivity index is 1.77. The molecule has 2 N–H and O–H groups in total. The van der Waals surface area contributed by atoms with Crippen molar-refractivity contribution in [2.75, 3.05) is 11.9 Å². The van der Waals surface area contributed by atoms with Crippen molar-refractivity contribution in [2.24, 2.45) is 0 Å². The van der Waals surface area contributed by atoms with E-state index >= 15 is 0 Å². The van der Waals surface area contributed by atoms with Crippen molar-refractivity contribution in [1.82, 2.24) is 10.2 Å². The summed E-state index contributed by atoms with van der Waals surface area (Å²) in [6.07, 6.45) is 5.54. The Morgan fingerprint density at radius 1 is 1.53 bits per heavy atom. The Labute approximate surface area is 114 Å². The van der Waals surface area contributed by atoms with Crippen LogP contribution in [-0.4, -0.2) is 28.8 Å². The van der Waals surface area contributed by atoms with Crippen molar-refractivity contribution in [2.45, 2.75) is 58.0 Å². The molecule has 2 rings (SSSR count). The Morgan fingerprint density at radius 2 is 2.26 bits per heavy atom. The lowest BCUT2D eigenvalue weighted by Crippen LogP contribution is -2.16. The zero-order valence-electron chi connectivity index (χ0n) is 11.7. The summed E-state index contributed by atoms with van der Waals surface area (Å²) in [5.41, 5.74) is 1.14. The van der Waals surface area contributed by atoms with E-state index in [4.69, 9.17) is 4.74 Å². The number of nitrogens with one attached hydrogen (secondary N) is 2. The molecular formula is C14H23N3O2. The van der Waals surface area contributed by atoms with E-state index in [0.717, 1.165) is 5.69 Å². The monoisotopic (exact) mass is 265 g/mol. The van der Waals surface area contributed by atoms with E-state index in [9.17, 15) is 4.79 Å². The smallest absolute Gasteiger partial charge is 0.227 e. The highest BCUT2D eigenvalue weighted by Crippen LogP contribution is 2.33. The van der Waals surface area contributed by atoms with Gasteiger partial charge in [-0.25, -0.2) is 0 Å². The summed E-state index contributed by atoms with van der Waals surface area (Å²) in [5, 5.41) is 9.98. The molecule has 5 nitrogen and oxygen atoms in total. The number of hydrogen-bond acceptors (Lipinski definition) is 3. The molecule has 1 aromatic heterocycles. The molecular weight excluding hydrogens is 242 g/mol. The zero-order chi connectivity index (χ0) is 13.7. The first-order valence-corrected chi connectivity index (χ1v) is 7.12. The molecule has 5 heteroatoms. The number of carbonyl (C=O) groups is 1. The lowest BCUT2D eigenvalue weighted by atomic mass is 10.0. The normalized spacial score (nSPS) is 16.2. The maximum atomic E-state index is 11.7. The topological polar surface area (TPSA) is 67.0 Å². The molecule has 1 fully saturated rings. The van der Waals surface area contributed by atoms with Crippen molar-refractivity contribution in [3.8, 4) is 0 Å². The fourth-order valence-corrected chi connectivity index (χ4v) is 2.44. The van der Waals surface area contributed by atoms with Crippen LogP contribution in [0.2, 0.25) is 0 Å². The molecule has 106 valence electrons. The standard InChI is InChI=1S/C14H23N3O2/c1-10(2)19-8-7-14(18)15-13-9-12(16-17-13)11-5-3-4-6-11/h9-11H,3-8H2,1-2H3,(H2,15,16,17,18). The Bertz CT molecular complexity index is 409. The molecule has 0 aromatic carbocycles. The second-order valence-corrected chi connectivity index (χ2v) is 5.41. The summed E-state index contributed by atoms with van der Waals surface area (Å²) in [4.78, 5) is 11.7. The van der Waals surface area contributed by atoms with Gasteiger partial charge in [0.25, 0.3) is 0 Å². The van der Waals surface area contributed by atoms with Crippen LogP contribution < -0.4 is 5.32 Å². The number of rotatable bonds is 6. The lowest BCUT2D eigenvalue weighted by Gasteiger charge is -2.06. The van der Waals surface area contributed by atoms with Gasteiger partial charge in [0.15, 0.2) is 5.82 Å². The number of aromatic nitrogens is 2. The highest BCUT2D eigenvalue weighted by Gasteiger charge is 2.19. The molecule has 0 bridgehead atoms. The predicted molar refractivity (Wildman–Crippen MR) is 74.1 cm³/mol. The summed E-state index contributed by atoms with van der Waals surface area (Å²) in [6, 6.07) is 1.96. The van der Waals surface area contributed by atoms with Crippen molar-refractivity contribution >= 4 is 11.7 Å². The zero-order valence-corrected chi connectivity index (χ0v) is 11.7.